The van der Waals surface area contributed by atoms with E-state index in [-0.39, 0.29) is 17.1 Å². The van der Waals surface area contributed by atoms with E-state index >= 15 is 0 Å². The quantitative estimate of drug-likeness (QED) is 0.126. The zero-order chi connectivity index (χ0) is 34.9. The fraction of sp³-hybridized carbons (Fsp3) is 0.261. The van der Waals surface area contributed by atoms with Crippen molar-refractivity contribution in [1.82, 2.24) is 0 Å². The van der Waals surface area contributed by atoms with Crippen LogP contribution in [0.1, 0.15) is 66.8 Å². The van der Waals surface area contributed by atoms with Gasteiger partial charge in [0.05, 0.1) is 0 Å². The molecule has 0 N–H and O–H groups in total. The topological polar surface area (TPSA) is 0 Å². The second kappa shape index (κ2) is 15.8. The Morgan fingerprint density at radius 1 is 0.388 bits per heavy atom. The van der Waals surface area contributed by atoms with Crippen molar-refractivity contribution in [1.29, 1.82) is 0 Å². The predicted molar refractivity (Wildman–Crippen MR) is 216 cm³/mol. The van der Waals surface area contributed by atoms with Gasteiger partial charge in [-0.25, -0.2) is 12.1 Å². The molecule has 0 fully saturated rings. The van der Waals surface area contributed by atoms with Crippen LogP contribution in [0.5, 0.6) is 0 Å². The molecule has 0 spiro atoms. The van der Waals surface area contributed by atoms with Crippen LogP contribution in [-0.4, -0.2) is 13.4 Å². The van der Waals surface area contributed by atoms with Crippen LogP contribution in [0.3, 0.4) is 0 Å². The molecular weight excluding hydrogens is 630 g/mol. The Morgan fingerprint density at radius 3 is 0.898 bits per heavy atom. The van der Waals surface area contributed by atoms with E-state index in [1.165, 1.54) is 99.5 Å². The Balaban J connectivity index is 0.000000216. The van der Waals surface area contributed by atoms with Gasteiger partial charge in [0.2, 0.25) is 0 Å². The second-order valence-corrected chi connectivity index (χ2v) is 14.6. The first-order valence-corrected chi connectivity index (χ1v) is 17.5. The van der Waals surface area contributed by atoms with E-state index in [1.54, 1.807) is 0 Å². The van der Waals surface area contributed by atoms with E-state index < -0.39 is 0 Å². The number of hydrogen-bond donors (Lipinski definition) is 0. The van der Waals surface area contributed by atoms with Crippen LogP contribution in [0.4, 0.5) is 0 Å². The molecule has 6 rings (SSSR count). The fourth-order valence-electron chi connectivity index (χ4n) is 8.70. The predicted octanol–water partition coefficient (Wildman–Crippen LogP) is 7.54. The normalized spacial score (nSPS) is 10.7. The van der Waals surface area contributed by atoms with Gasteiger partial charge in [-0.05, 0) is 83.1 Å². The van der Waals surface area contributed by atoms with Crippen LogP contribution in [-0.2, 0) is 17.1 Å². The summed E-state index contributed by atoms with van der Waals surface area (Å²) >= 11 is 0. The average molecular weight is 682 g/mol. The summed E-state index contributed by atoms with van der Waals surface area (Å²) < 4.78 is 0. The summed E-state index contributed by atoms with van der Waals surface area (Å²) in [6, 6.07) is 36.2. The second-order valence-electron chi connectivity index (χ2n) is 14.6. The molecule has 0 aliphatic rings. The first-order chi connectivity index (χ1) is 22.8. The molecule has 0 saturated carbocycles. The maximum Gasteiger partial charge on any atom is 0.177 e. The van der Waals surface area contributed by atoms with E-state index in [4.69, 9.17) is 0 Å². The summed E-state index contributed by atoms with van der Waals surface area (Å²) in [6.07, 6.45) is 0. The zero-order valence-electron chi connectivity index (χ0n) is 31.7. The molecule has 0 amide bonds. The third kappa shape index (κ3) is 8.17. The van der Waals surface area contributed by atoms with Crippen molar-refractivity contribution in [3.63, 3.8) is 0 Å². The van der Waals surface area contributed by atoms with Gasteiger partial charge in [-0.15, -0.1) is 10.9 Å². The Labute approximate surface area is 308 Å². The van der Waals surface area contributed by atoms with Crippen molar-refractivity contribution in [2.45, 2.75) is 83.1 Å². The smallest absolute Gasteiger partial charge is 0.177 e. The Morgan fingerprint density at radius 2 is 0.633 bits per heavy atom. The Hall–Kier alpha value is -3.77. The molecule has 0 saturated heterocycles. The zero-order valence-corrected chi connectivity index (χ0v) is 32.9. The first-order valence-electron chi connectivity index (χ1n) is 17.5. The van der Waals surface area contributed by atoms with Gasteiger partial charge < -0.3 is 29.7 Å². The van der Waals surface area contributed by atoms with Crippen molar-refractivity contribution in [2.24, 2.45) is 0 Å². The van der Waals surface area contributed by atoms with E-state index in [0.29, 0.717) is 13.4 Å². The molecule has 6 aromatic rings. The molecule has 6 aromatic carbocycles. The molecule has 0 atom stereocenters. The van der Waals surface area contributed by atoms with E-state index in [9.17, 15) is 0 Å². The van der Waals surface area contributed by atoms with E-state index in [2.05, 4.69) is 180 Å². The number of aryl methyl sites for hydroxylation is 12. The first kappa shape index (κ1) is 38.0. The molecule has 0 radical (unpaired) electrons. The van der Waals surface area contributed by atoms with Crippen molar-refractivity contribution in [3.05, 3.63) is 164 Å². The third-order valence-corrected chi connectivity index (χ3v) is 10.2. The van der Waals surface area contributed by atoms with Crippen LogP contribution >= 0.6 is 0 Å². The summed E-state index contributed by atoms with van der Waals surface area (Å²) in [5.74, 6) is 0. The van der Waals surface area contributed by atoms with Gasteiger partial charge in [-0.2, -0.15) is 17.6 Å². The SMILES string of the molecule is Cc1cc(C)c(B(c2c(C)cc(C)cc2C)[c-]2[cH-][cH-][cH-][cH-]2)c(C)c1.Cc1cc(C)c(B(c2c(C)cc(C)cc2C)[c-]2cccc2)c(C)c1.[Fe]. The molecule has 3 heteroatoms. The maximum absolute atomic E-state index is 2.32. The van der Waals surface area contributed by atoms with Gasteiger partial charge in [-0.1, -0.05) is 126 Å². The molecule has 0 unspecified atom stereocenters. The monoisotopic (exact) mass is 682 g/mol. The maximum atomic E-state index is 2.32. The number of benzene rings is 4. The van der Waals surface area contributed by atoms with E-state index in [1.807, 2.05) is 0 Å². The molecular formula is C46H52B2Fe-6. The Bertz CT molecular complexity index is 1690. The molecule has 0 aliphatic carbocycles. The Kier molecular flexibility index (Phi) is 12.3. The standard InChI is InChI=1S/2C23H26B.Fe/c2*1-15-11-17(3)22(18(4)12-15)24(21-9-7-8-10-21)23-19(5)13-16(2)14-20(23)6;/h2*7-14H,1-6H3;/q-5;-1;. The molecule has 0 aromatic heterocycles. The summed E-state index contributed by atoms with van der Waals surface area (Å²) in [7, 11) is 0. The van der Waals surface area contributed by atoms with Crippen LogP contribution in [0.2, 0.25) is 0 Å². The molecule has 0 heterocycles. The van der Waals surface area contributed by atoms with Crippen molar-refractivity contribution < 1.29 is 17.1 Å². The fourth-order valence-corrected chi connectivity index (χ4v) is 8.70. The van der Waals surface area contributed by atoms with Crippen molar-refractivity contribution >= 4 is 46.2 Å². The minimum absolute atomic E-state index is 0. The summed E-state index contributed by atoms with van der Waals surface area (Å²) in [6.45, 7) is 27.4. The van der Waals surface area contributed by atoms with Gasteiger partial charge in [0.15, 0.2) is 6.71 Å². The van der Waals surface area contributed by atoms with E-state index in [0.717, 1.165) is 0 Å². The molecule has 256 valence electrons. The van der Waals surface area contributed by atoms with Crippen molar-refractivity contribution in [3.8, 4) is 0 Å². The summed E-state index contributed by atoms with van der Waals surface area (Å²) in [5.41, 5.74) is 25.1. The molecule has 0 bridgehead atoms. The van der Waals surface area contributed by atoms with Gasteiger partial charge in [-0.3, -0.25) is 0 Å². The minimum Gasteiger partial charge on any atom is -0.749 e. The van der Waals surface area contributed by atoms with Gasteiger partial charge in [0.25, 0.3) is 0 Å². The van der Waals surface area contributed by atoms with Crippen LogP contribution in [0, 0.1) is 83.1 Å². The molecule has 0 nitrogen and oxygen atoms in total. The summed E-state index contributed by atoms with van der Waals surface area (Å²) in [4.78, 5) is 0. The third-order valence-electron chi connectivity index (χ3n) is 10.2. The van der Waals surface area contributed by atoms with Gasteiger partial charge in [0, 0.05) is 23.8 Å². The van der Waals surface area contributed by atoms with Crippen LogP contribution in [0.15, 0.2) is 97.1 Å². The minimum atomic E-state index is 0. The number of hydrogen-bond acceptors (Lipinski definition) is 0. The molecule has 0 aliphatic heterocycles. The largest absolute Gasteiger partial charge is 0.749 e. The van der Waals surface area contributed by atoms with Crippen LogP contribution in [0.25, 0.3) is 0 Å². The number of rotatable bonds is 6. The van der Waals surface area contributed by atoms with Gasteiger partial charge >= 0.3 is 0 Å². The average Bonchev–Trinajstić information content (AvgIpc) is 3.69. The van der Waals surface area contributed by atoms with Gasteiger partial charge in [0.1, 0.15) is 0 Å². The van der Waals surface area contributed by atoms with Crippen LogP contribution < -0.4 is 32.8 Å². The summed E-state index contributed by atoms with van der Waals surface area (Å²) in [5, 5.41) is 0. The van der Waals surface area contributed by atoms with Crippen molar-refractivity contribution in [2.75, 3.05) is 0 Å². The molecule has 49 heavy (non-hydrogen) atoms.